The van der Waals surface area contributed by atoms with Crippen LogP contribution in [0.2, 0.25) is 0 Å². The van der Waals surface area contributed by atoms with Crippen LogP contribution in [0.3, 0.4) is 0 Å². The van der Waals surface area contributed by atoms with E-state index in [4.69, 9.17) is 0 Å². The lowest BCUT2D eigenvalue weighted by Crippen LogP contribution is -2.52. The monoisotopic (exact) mass is 200 g/mol. The second-order valence-electron chi connectivity index (χ2n) is 4.27. The predicted molar refractivity (Wildman–Crippen MR) is 64.8 cm³/mol. The van der Waals surface area contributed by atoms with E-state index < -0.39 is 0 Å². The third kappa shape index (κ3) is 4.97. The van der Waals surface area contributed by atoms with Crippen LogP contribution in [0.1, 0.15) is 47.0 Å². The molecule has 1 heterocycles. The molecule has 1 rings (SSSR count). The fraction of sp³-hybridized carbons (Fsp3) is 1.00. The molecule has 0 spiro atoms. The molecule has 0 aromatic heterocycles. The van der Waals surface area contributed by atoms with Crippen LogP contribution < -0.4 is 5.32 Å². The molecule has 1 saturated heterocycles. The fourth-order valence-electron chi connectivity index (χ4n) is 1.96. The van der Waals surface area contributed by atoms with Crippen molar-refractivity contribution >= 4 is 0 Å². The summed E-state index contributed by atoms with van der Waals surface area (Å²) in [6.45, 7) is 12.1. The lowest BCUT2D eigenvalue weighted by Gasteiger charge is -2.37. The molecular weight excluding hydrogens is 172 g/mol. The molecule has 1 fully saturated rings. The highest BCUT2D eigenvalue weighted by Gasteiger charge is 2.26. The summed E-state index contributed by atoms with van der Waals surface area (Å²) in [4.78, 5) is 2.39. The van der Waals surface area contributed by atoms with Crippen LogP contribution in [0, 0.1) is 0 Å². The number of hydrogen-bond donors (Lipinski definition) is 1. The summed E-state index contributed by atoms with van der Waals surface area (Å²) < 4.78 is 0. The smallest absolute Gasteiger partial charge is 0.0280 e. The molecule has 0 aliphatic carbocycles. The van der Waals surface area contributed by atoms with Crippen molar-refractivity contribution in [2.75, 3.05) is 26.7 Å². The summed E-state index contributed by atoms with van der Waals surface area (Å²) in [6.07, 6.45) is 4.07. The van der Waals surface area contributed by atoms with E-state index in [2.05, 4.69) is 31.1 Å². The lowest BCUT2D eigenvalue weighted by molar-refractivity contribution is 0.192. The highest BCUT2D eigenvalue weighted by Crippen LogP contribution is 2.19. The SMILES string of the molecule is CC.CCN(C)CC1(C)CCCCN1. The zero-order valence-electron chi connectivity index (χ0n) is 10.7. The van der Waals surface area contributed by atoms with Crippen LogP contribution in [0.5, 0.6) is 0 Å². The molecule has 1 atom stereocenters. The van der Waals surface area contributed by atoms with Crippen molar-refractivity contribution in [3.05, 3.63) is 0 Å². The normalized spacial score (nSPS) is 27.0. The maximum Gasteiger partial charge on any atom is 0.0280 e. The van der Waals surface area contributed by atoms with Crippen LogP contribution in [-0.4, -0.2) is 37.1 Å². The van der Waals surface area contributed by atoms with Gasteiger partial charge in [0.05, 0.1) is 0 Å². The van der Waals surface area contributed by atoms with Crippen LogP contribution >= 0.6 is 0 Å². The summed E-state index contributed by atoms with van der Waals surface area (Å²) in [5, 5.41) is 3.62. The van der Waals surface area contributed by atoms with E-state index in [1.165, 1.54) is 32.4 Å². The molecule has 1 unspecified atom stereocenters. The minimum Gasteiger partial charge on any atom is -0.310 e. The van der Waals surface area contributed by atoms with Crippen LogP contribution in [0.25, 0.3) is 0 Å². The maximum absolute atomic E-state index is 3.62. The third-order valence-corrected chi connectivity index (χ3v) is 2.87. The van der Waals surface area contributed by atoms with Crippen molar-refractivity contribution in [1.29, 1.82) is 0 Å². The van der Waals surface area contributed by atoms with Gasteiger partial charge in [0.25, 0.3) is 0 Å². The van der Waals surface area contributed by atoms with Crippen LogP contribution in [0.15, 0.2) is 0 Å². The molecule has 0 amide bonds. The average Bonchev–Trinajstić information content (AvgIpc) is 2.21. The van der Waals surface area contributed by atoms with Crippen molar-refractivity contribution in [3.63, 3.8) is 0 Å². The van der Waals surface area contributed by atoms with Crippen molar-refractivity contribution < 1.29 is 0 Å². The van der Waals surface area contributed by atoms with Crippen molar-refractivity contribution in [1.82, 2.24) is 10.2 Å². The zero-order valence-corrected chi connectivity index (χ0v) is 10.7. The Morgan fingerprint density at radius 3 is 2.36 bits per heavy atom. The van der Waals surface area contributed by atoms with Gasteiger partial charge in [0.1, 0.15) is 0 Å². The highest BCUT2D eigenvalue weighted by atomic mass is 15.1. The van der Waals surface area contributed by atoms with E-state index >= 15 is 0 Å². The largest absolute Gasteiger partial charge is 0.310 e. The lowest BCUT2D eigenvalue weighted by atomic mass is 9.90. The highest BCUT2D eigenvalue weighted by molar-refractivity contribution is 4.88. The van der Waals surface area contributed by atoms with E-state index in [1.807, 2.05) is 13.8 Å². The molecule has 86 valence electrons. The van der Waals surface area contributed by atoms with Gasteiger partial charge in [-0.3, -0.25) is 0 Å². The van der Waals surface area contributed by atoms with Gasteiger partial charge in [-0.15, -0.1) is 0 Å². The number of rotatable bonds is 3. The Balaban J connectivity index is 0.000000791. The minimum absolute atomic E-state index is 0.378. The Labute approximate surface area is 90.1 Å². The van der Waals surface area contributed by atoms with Gasteiger partial charge in [-0.2, -0.15) is 0 Å². The molecule has 0 bridgehead atoms. The van der Waals surface area contributed by atoms with E-state index in [0.717, 1.165) is 6.54 Å². The van der Waals surface area contributed by atoms with E-state index in [-0.39, 0.29) is 0 Å². The second kappa shape index (κ2) is 7.24. The van der Waals surface area contributed by atoms with Gasteiger partial charge in [0.15, 0.2) is 0 Å². The van der Waals surface area contributed by atoms with Gasteiger partial charge >= 0.3 is 0 Å². The van der Waals surface area contributed by atoms with Gasteiger partial charge in [-0.25, -0.2) is 0 Å². The predicted octanol–water partition coefficient (Wildman–Crippen LogP) is 2.50. The minimum atomic E-state index is 0.378. The number of nitrogens with one attached hydrogen (secondary N) is 1. The Kier molecular flexibility index (Phi) is 7.20. The number of piperidine rings is 1. The second-order valence-corrected chi connectivity index (χ2v) is 4.27. The van der Waals surface area contributed by atoms with Crippen LogP contribution in [0.4, 0.5) is 0 Å². The Morgan fingerprint density at radius 2 is 1.93 bits per heavy atom. The van der Waals surface area contributed by atoms with Gasteiger partial charge in [0, 0.05) is 12.1 Å². The zero-order chi connectivity index (χ0) is 11.0. The quantitative estimate of drug-likeness (QED) is 0.753. The summed E-state index contributed by atoms with van der Waals surface area (Å²) in [6, 6.07) is 0. The molecule has 14 heavy (non-hydrogen) atoms. The van der Waals surface area contributed by atoms with Gasteiger partial charge < -0.3 is 10.2 Å². The Hall–Kier alpha value is -0.0800. The van der Waals surface area contributed by atoms with Crippen LogP contribution in [-0.2, 0) is 0 Å². The van der Waals surface area contributed by atoms with Gasteiger partial charge in [0.2, 0.25) is 0 Å². The average molecular weight is 200 g/mol. The first-order valence-corrected chi connectivity index (χ1v) is 6.10. The maximum atomic E-state index is 3.62. The molecule has 1 N–H and O–H groups in total. The Bertz CT molecular complexity index is 128. The molecule has 2 heteroatoms. The summed E-state index contributed by atoms with van der Waals surface area (Å²) in [7, 11) is 2.20. The topological polar surface area (TPSA) is 15.3 Å². The van der Waals surface area contributed by atoms with E-state index in [9.17, 15) is 0 Å². The van der Waals surface area contributed by atoms with Crippen molar-refractivity contribution in [2.24, 2.45) is 0 Å². The van der Waals surface area contributed by atoms with E-state index in [1.54, 1.807) is 0 Å². The fourth-order valence-corrected chi connectivity index (χ4v) is 1.96. The number of hydrogen-bond acceptors (Lipinski definition) is 2. The molecule has 0 aromatic rings. The van der Waals surface area contributed by atoms with Gasteiger partial charge in [-0.05, 0) is 39.9 Å². The summed E-state index contributed by atoms with van der Waals surface area (Å²) in [5.74, 6) is 0. The first-order valence-electron chi connectivity index (χ1n) is 6.10. The Morgan fingerprint density at radius 1 is 1.29 bits per heavy atom. The molecule has 1 aliphatic rings. The molecule has 2 nitrogen and oxygen atoms in total. The van der Waals surface area contributed by atoms with Gasteiger partial charge in [-0.1, -0.05) is 27.2 Å². The summed E-state index contributed by atoms with van der Waals surface area (Å²) >= 11 is 0. The number of nitrogens with zero attached hydrogens (tertiary/aromatic N) is 1. The van der Waals surface area contributed by atoms with E-state index in [0.29, 0.717) is 5.54 Å². The first kappa shape index (κ1) is 13.9. The van der Waals surface area contributed by atoms with Crippen molar-refractivity contribution in [3.8, 4) is 0 Å². The first-order chi connectivity index (χ1) is 6.66. The molecule has 0 aromatic carbocycles. The third-order valence-electron chi connectivity index (χ3n) is 2.87. The molecule has 0 radical (unpaired) electrons. The molecule has 0 saturated carbocycles. The molecule has 1 aliphatic heterocycles. The number of likely N-dealkylation sites (N-methyl/N-ethyl adjacent to an activating group) is 1. The van der Waals surface area contributed by atoms with Crippen molar-refractivity contribution in [2.45, 2.75) is 52.5 Å². The summed E-state index contributed by atoms with van der Waals surface area (Å²) in [5.41, 5.74) is 0.378. The standard InChI is InChI=1S/C10H22N2.C2H6/c1-4-12(3)9-10(2)7-5-6-8-11-10;1-2/h11H,4-9H2,1-3H3;1-2H3. The molecular formula is C12H28N2.